The summed E-state index contributed by atoms with van der Waals surface area (Å²) in [6.45, 7) is 3.80. The topological polar surface area (TPSA) is 46.5 Å². The largest absolute Gasteiger partial charge is 0.506 e. The Kier molecular flexibility index (Phi) is 2.78. The average Bonchev–Trinajstić information content (AvgIpc) is 2.36. The number of hydrogen-bond donors (Lipinski definition) is 1. The fourth-order valence-corrected chi connectivity index (χ4v) is 1.67. The van der Waals surface area contributed by atoms with Gasteiger partial charge in [-0.25, -0.2) is 4.79 Å². The molecule has 3 nitrogen and oxygen atoms in total. The molecule has 0 spiro atoms. The summed E-state index contributed by atoms with van der Waals surface area (Å²) in [4.78, 5) is 10.3. The second kappa shape index (κ2) is 3.39. The molecule has 1 aliphatic rings. The quantitative estimate of drug-likeness (QED) is 0.734. The van der Waals surface area contributed by atoms with Gasteiger partial charge in [0.05, 0.1) is 0 Å². The lowest BCUT2D eigenvalue weighted by molar-refractivity contribution is 0.0732. The molecule has 5 heteroatoms. The van der Waals surface area contributed by atoms with E-state index in [0.29, 0.717) is 0 Å². The zero-order valence-corrected chi connectivity index (χ0v) is 8.76. The Morgan fingerprint density at radius 1 is 1.54 bits per heavy atom. The Morgan fingerprint density at radius 2 is 2.08 bits per heavy atom. The van der Waals surface area contributed by atoms with Gasteiger partial charge in [0, 0.05) is 11.3 Å². The summed E-state index contributed by atoms with van der Waals surface area (Å²) >= 11 is 10.9. The van der Waals surface area contributed by atoms with Crippen LogP contribution in [0, 0.1) is 11.3 Å². The third-order valence-corrected chi connectivity index (χ3v) is 2.59. The molecule has 0 aromatic heterocycles. The third kappa shape index (κ3) is 2.29. The molecular formula is C8H10Cl2O3. The molecule has 0 aliphatic heterocycles. The van der Waals surface area contributed by atoms with Crippen molar-refractivity contribution >= 4 is 29.4 Å². The summed E-state index contributed by atoms with van der Waals surface area (Å²) < 4.78 is 4.79. The summed E-state index contributed by atoms with van der Waals surface area (Å²) in [6, 6.07) is 0. The molecule has 1 fully saturated rings. The molecule has 0 unspecified atom stereocenters. The Hall–Kier alpha value is -0.410. The number of carboxylic acid groups (broad SMARTS) is 1. The van der Waals surface area contributed by atoms with Crippen molar-refractivity contribution in [3.63, 3.8) is 0 Å². The SMILES string of the molecule is CC1(C)[C@H](C=C(Cl)Cl)[C@H]1OC(=O)O. The van der Waals surface area contributed by atoms with Crippen LogP contribution < -0.4 is 0 Å². The summed E-state index contributed by atoms with van der Waals surface area (Å²) in [7, 11) is 0. The summed E-state index contributed by atoms with van der Waals surface area (Å²) in [5.74, 6) is -0.0198. The Balaban J connectivity index is 2.61. The molecule has 1 rings (SSSR count). The van der Waals surface area contributed by atoms with Crippen LogP contribution in [0.4, 0.5) is 4.79 Å². The van der Waals surface area contributed by atoms with E-state index in [1.165, 1.54) is 0 Å². The highest BCUT2D eigenvalue weighted by Crippen LogP contribution is 2.55. The van der Waals surface area contributed by atoms with Gasteiger partial charge in [0.25, 0.3) is 0 Å². The van der Waals surface area contributed by atoms with Crippen LogP contribution in [0.25, 0.3) is 0 Å². The minimum absolute atomic E-state index is 0.0198. The Bertz CT molecular complexity index is 256. The summed E-state index contributed by atoms with van der Waals surface area (Å²) in [5.41, 5.74) is -0.201. The molecule has 74 valence electrons. The number of hydrogen-bond acceptors (Lipinski definition) is 2. The van der Waals surface area contributed by atoms with Crippen molar-refractivity contribution in [2.45, 2.75) is 20.0 Å². The second-order valence-electron chi connectivity index (χ2n) is 3.61. The minimum Gasteiger partial charge on any atom is -0.450 e. The fraction of sp³-hybridized carbons (Fsp3) is 0.625. The van der Waals surface area contributed by atoms with Gasteiger partial charge in [0.2, 0.25) is 0 Å². The molecule has 0 radical (unpaired) electrons. The van der Waals surface area contributed by atoms with Crippen molar-refractivity contribution < 1.29 is 14.6 Å². The van der Waals surface area contributed by atoms with E-state index < -0.39 is 6.16 Å². The van der Waals surface area contributed by atoms with Crippen LogP contribution in [0.1, 0.15) is 13.8 Å². The molecule has 1 aliphatic carbocycles. The van der Waals surface area contributed by atoms with Crippen LogP contribution in [0.5, 0.6) is 0 Å². The van der Waals surface area contributed by atoms with E-state index in [9.17, 15) is 4.79 Å². The molecule has 0 heterocycles. The maximum Gasteiger partial charge on any atom is 0.506 e. The highest BCUT2D eigenvalue weighted by Gasteiger charge is 2.60. The number of rotatable bonds is 2. The van der Waals surface area contributed by atoms with E-state index in [1.807, 2.05) is 13.8 Å². The highest BCUT2D eigenvalue weighted by atomic mass is 35.5. The van der Waals surface area contributed by atoms with Crippen LogP contribution in [0.2, 0.25) is 0 Å². The van der Waals surface area contributed by atoms with Crippen LogP contribution in [0.15, 0.2) is 10.6 Å². The summed E-state index contributed by atoms with van der Waals surface area (Å²) in [5, 5.41) is 8.40. The first-order valence-corrected chi connectivity index (χ1v) is 4.53. The lowest BCUT2D eigenvalue weighted by Crippen LogP contribution is -2.07. The molecule has 1 saturated carbocycles. The van der Waals surface area contributed by atoms with Crippen molar-refractivity contribution in [3.05, 3.63) is 10.6 Å². The molecule has 0 aromatic rings. The average molecular weight is 225 g/mol. The lowest BCUT2D eigenvalue weighted by atomic mass is 10.1. The van der Waals surface area contributed by atoms with E-state index in [2.05, 4.69) is 4.74 Å². The number of halogens is 2. The van der Waals surface area contributed by atoms with Gasteiger partial charge in [-0.2, -0.15) is 0 Å². The molecule has 0 aromatic carbocycles. The first kappa shape index (κ1) is 10.7. The van der Waals surface area contributed by atoms with E-state index in [-0.39, 0.29) is 21.9 Å². The van der Waals surface area contributed by atoms with Gasteiger partial charge >= 0.3 is 6.16 Å². The van der Waals surface area contributed by atoms with Gasteiger partial charge in [0.15, 0.2) is 0 Å². The monoisotopic (exact) mass is 224 g/mol. The van der Waals surface area contributed by atoms with Gasteiger partial charge in [-0.3, -0.25) is 0 Å². The molecular weight excluding hydrogens is 215 g/mol. The van der Waals surface area contributed by atoms with E-state index >= 15 is 0 Å². The smallest absolute Gasteiger partial charge is 0.450 e. The van der Waals surface area contributed by atoms with Crippen molar-refractivity contribution in [2.75, 3.05) is 0 Å². The molecule has 1 N–H and O–H groups in total. The fourth-order valence-electron chi connectivity index (χ4n) is 1.40. The van der Waals surface area contributed by atoms with Gasteiger partial charge < -0.3 is 9.84 Å². The minimum atomic E-state index is -1.26. The maximum atomic E-state index is 10.3. The van der Waals surface area contributed by atoms with E-state index in [1.54, 1.807) is 6.08 Å². The zero-order chi connectivity index (χ0) is 10.2. The molecule has 0 bridgehead atoms. The Morgan fingerprint density at radius 3 is 2.46 bits per heavy atom. The van der Waals surface area contributed by atoms with Crippen molar-refractivity contribution in [1.29, 1.82) is 0 Å². The Labute approximate surface area is 86.3 Å². The third-order valence-electron chi connectivity index (χ3n) is 2.34. The first-order chi connectivity index (χ1) is 5.85. The number of ether oxygens (including phenoxy) is 1. The van der Waals surface area contributed by atoms with Crippen molar-refractivity contribution in [1.82, 2.24) is 0 Å². The first-order valence-electron chi connectivity index (χ1n) is 3.78. The van der Waals surface area contributed by atoms with Gasteiger partial charge in [-0.05, 0) is 6.08 Å². The zero-order valence-electron chi connectivity index (χ0n) is 7.25. The predicted octanol–water partition coefficient (Wildman–Crippen LogP) is 3.02. The highest BCUT2D eigenvalue weighted by molar-refractivity contribution is 6.55. The van der Waals surface area contributed by atoms with Gasteiger partial charge in [-0.15, -0.1) is 0 Å². The molecule has 2 atom stereocenters. The molecule has 13 heavy (non-hydrogen) atoms. The van der Waals surface area contributed by atoms with Crippen LogP contribution in [-0.4, -0.2) is 17.4 Å². The maximum absolute atomic E-state index is 10.3. The lowest BCUT2D eigenvalue weighted by Gasteiger charge is -1.99. The van der Waals surface area contributed by atoms with Crippen molar-refractivity contribution in [3.8, 4) is 0 Å². The number of carbonyl (C=O) groups is 1. The standard InChI is InChI=1S/C8H10Cl2O3/c1-8(2)4(3-5(9)10)6(8)13-7(11)12/h3-4,6H,1-2H3,(H,11,12)/t4-,6-/m1/s1. The second-order valence-corrected chi connectivity index (χ2v) is 4.62. The van der Waals surface area contributed by atoms with Crippen LogP contribution >= 0.6 is 23.2 Å². The van der Waals surface area contributed by atoms with E-state index in [4.69, 9.17) is 28.3 Å². The summed E-state index contributed by atoms with van der Waals surface area (Å²) in [6.07, 6.45) is 0.00801. The van der Waals surface area contributed by atoms with Crippen LogP contribution in [0.3, 0.4) is 0 Å². The van der Waals surface area contributed by atoms with E-state index in [0.717, 1.165) is 0 Å². The molecule has 0 amide bonds. The van der Waals surface area contributed by atoms with Gasteiger partial charge in [0.1, 0.15) is 10.6 Å². The van der Waals surface area contributed by atoms with Crippen LogP contribution in [-0.2, 0) is 4.74 Å². The predicted molar refractivity (Wildman–Crippen MR) is 50.0 cm³/mol. The normalized spacial score (nSPS) is 29.2. The van der Waals surface area contributed by atoms with Gasteiger partial charge in [-0.1, -0.05) is 37.0 Å². The van der Waals surface area contributed by atoms with Crippen molar-refractivity contribution in [2.24, 2.45) is 11.3 Å². The molecule has 0 saturated heterocycles.